The molecule has 0 saturated heterocycles. The van der Waals surface area contributed by atoms with Crippen LogP contribution in [0.3, 0.4) is 0 Å². The second-order valence-electron chi connectivity index (χ2n) is 5.47. The first kappa shape index (κ1) is 14.4. The number of benzene rings is 1. The van der Waals surface area contributed by atoms with Gasteiger partial charge in [0, 0.05) is 17.6 Å². The van der Waals surface area contributed by atoms with Gasteiger partial charge < -0.3 is 4.90 Å². The lowest BCUT2D eigenvalue weighted by Gasteiger charge is -2.36. The molecule has 19 heavy (non-hydrogen) atoms. The molecule has 0 atom stereocenters. The molecular weight excluding hydrogens is 300 g/mol. The smallest absolute Gasteiger partial charge is 0.101 e. The molecule has 0 aliphatic heterocycles. The first-order valence-corrected chi connectivity index (χ1v) is 7.87. The number of hydrogen-bond acceptors (Lipinski definition) is 2. The number of rotatable bonds is 3. The van der Waals surface area contributed by atoms with Gasteiger partial charge in [-0.2, -0.15) is 5.26 Å². The van der Waals surface area contributed by atoms with Crippen LogP contribution >= 0.6 is 15.9 Å². The van der Waals surface area contributed by atoms with Crippen molar-refractivity contribution in [1.29, 1.82) is 5.26 Å². The predicted molar refractivity (Wildman–Crippen MR) is 83.3 cm³/mol. The predicted octanol–water partition coefficient (Wildman–Crippen LogP) is 4.73. The van der Waals surface area contributed by atoms with Gasteiger partial charge in [0.25, 0.3) is 0 Å². The molecule has 0 spiro atoms. The number of hydrogen-bond donors (Lipinski definition) is 0. The molecule has 1 aromatic carbocycles. The Balaban J connectivity index is 2.12. The highest BCUT2D eigenvalue weighted by Crippen LogP contribution is 2.33. The van der Waals surface area contributed by atoms with E-state index in [0.29, 0.717) is 6.04 Å². The molecule has 0 heterocycles. The van der Waals surface area contributed by atoms with Gasteiger partial charge in [0.15, 0.2) is 0 Å². The molecule has 0 amide bonds. The van der Waals surface area contributed by atoms with Crippen LogP contribution in [0.5, 0.6) is 0 Å². The molecule has 1 aromatic rings. The molecule has 0 aromatic heterocycles. The SMILES string of the molecule is CCC1CCC(N(C)c2ccc(Br)cc2C#N)CC1. The molecule has 1 aliphatic carbocycles. The summed E-state index contributed by atoms with van der Waals surface area (Å²) in [4.78, 5) is 2.30. The van der Waals surface area contributed by atoms with Crippen LogP contribution in [0.15, 0.2) is 22.7 Å². The highest BCUT2D eigenvalue weighted by atomic mass is 79.9. The van der Waals surface area contributed by atoms with Gasteiger partial charge in [-0.25, -0.2) is 0 Å². The van der Waals surface area contributed by atoms with E-state index in [4.69, 9.17) is 0 Å². The zero-order chi connectivity index (χ0) is 13.8. The van der Waals surface area contributed by atoms with Crippen LogP contribution in [-0.2, 0) is 0 Å². The van der Waals surface area contributed by atoms with Gasteiger partial charge in [-0.3, -0.25) is 0 Å². The van der Waals surface area contributed by atoms with E-state index in [1.165, 1.54) is 32.1 Å². The lowest BCUT2D eigenvalue weighted by molar-refractivity contribution is 0.313. The number of anilines is 1. The third-order valence-electron chi connectivity index (χ3n) is 4.40. The van der Waals surface area contributed by atoms with E-state index in [0.717, 1.165) is 21.6 Å². The van der Waals surface area contributed by atoms with Crippen molar-refractivity contribution in [3.8, 4) is 6.07 Å². The number of nitrogens with zero attached hydrogens (tertiary/aromatic N) is 2. The lowest BCUT2D eigenvalue weighted by Crippen LogP contribution is -2.35. The second kappa shape index (κ2) is 6.43. The Morgan fingerprint density at radius 1 is 1.32 bits per heavy atom. The summed E-state index contributed by atoms with van der Waals surface area (Å²) in [6.45, 7) is 2.29. The summed E-state index contributed by atoms with van der Waals surface area (Å²) in [6, 6.07) is 8.86. The fourth-order valence-electron chi connectivity index (χ4n) is 3.04. The van der Waals surface area contributed by atoms with Crippen molar-refractivity contribution in [2.45, 2.75) is 45.1 Å². The van der Waals surface area contributed by atoms with Gasteiger partial charge in [-0.05, 0) is 49.8 Å². The molecule has 0 unspecified atom stereocenters. The van der Waals surface area contributed by atoms with Crippen molar-refractivity contribution < 1.29 is 0 Å². The van der Waals surface area contributed by atoms with E-state index < -0.39 is 0 Å². The van der Waals surface area contributed by atoms with Crippen LogP contribution in [-0.4, -0.2) is 13.1 Å². The zero-order valence-electron chi connectivity index (χ0n) is 11.7. The van der Waals surface area contributed by atoms with Gasteiger partial charge in [-0.1, -0.05) is 29.3 Å². The van der Waals surface area contributed by atoms with Crippen LogP contribution in [0.25, 0.3) is 0 Å². The van der Waals surface area contributed by atoms with E-state index in [1.54, 1.807) is 0 Å². The van der Waals surface area contributed by atoms with E-state index >= 15 is 0 Å². The second-order valence-corrected chi connectivity index (χ2v) is 6.38. The van der Waals surface area contributed by atoms with Crippen molar-refractivity contribution in [3.63, 3.8) is 0 Å². The normalized spacial score (nSPS) is 22.8. The van der Waals surface area contributed by atoms with Crippen molar-refractivity contribution in [1.82, 2.24) is 0 Å². The van der Waals surface area contributed by atoms with Crippen molar-refractivity contribution in [2.75, 3.05) is 11.9 Å². The summed E-state index contributed by atoms with van der Waals surface area (Å²) in [7, 11) is 2.13. The first-order valence-electron chi connectivity index (χ1n) is 7.08. The highest BCUT2D eigenvalue weighted by molar-refractivity contribution is 9.10. The van der Waals surface area contributed by atoms with Gasteiger partial charge >= 0.3 is 0 Å². The van der Waals surface area contributed by atoms with Crippen LogP contribution in [0.2, 0.25) is 0 Å². The Bertz CT molecular complexity index is 470. The fraction of sp³-hybridized carbons (Fsp3) is 0.562. The molecular formula is C16H21BrN2. The fourth-order valence-corrected chi connectivity index (χ4v) is 3.40. The largest absolute Gasteiger partial charge is 0.371 e. The van der Waals surface area contributed by atoms with Crippen molar-refractivity contribution in [2.24, 2.45) is 5.92 Å². The molecule has 3 heteroatoms. The molecule has 0 radical (unpaired) electrons. The van der Waals surface area contributed by atoms with Crippen LogP contribution in [0.4, 0.5) is 5.69 Å². The summed E-state index contributed by atoms with van der Waals surface area (Å²) in [5, 5.41) is 9.27. The van der Waals surface area contributed by atoms with Gasteiger partial charge in [0.2, 0.25) is 0 Å². The molecule has 1 fully saturated rings. The Hall–Kier alpha value is -1.01. The summed E-state index contributed by atoms with van der Waals surface area (Å²) < 4.78 is 0.968. The Morgan fingerprint density at radius 2 is 2.00 bits per heavy atom. The molecule has 0 N–H and O–H groups in total. The Labute approximate surface area is 124 Å². The van der Waals surface area contributed by atoms with Crippen LogP contribution in [0, 0.1) is 17.2 Å². The van der Waals surface area contributed by atoms with E-state index in [9.17, 15) is 5.26 Å². The van der Waals surface area contributed by atoms with E-state index in [2.05, 4.69) is 46.9 Å². The number of nitriles is 1. The molecule has 1 aliphatic rings. The maximum atomic E-state index is 9.27. The number of halogens is 1. The third kappa shape index (κ3) is 3.30. The Kier molecular flexibility index (Phi) is 4.87. The first-order chi connectivity index (χ1) is 9.15. The minimum Gasteiger partial charge on any atom is -0.371 e. The highest BCUT2D eigenvalue weighted by Gasteiger charge is 2.24. The van der Waals surface area contributed by atoms with Crippen molar-refractivity contribution >= 4 is 21.6 Å². The molecule has 2 nitrogen and oxygen atoms in total. The van der Waals surface area contributed by atoms with Gasteiger partial charge in [0.05, 0.1) is 11.3 Å². The lowest BCUT2D eigenvalue weighted by atomic mass is 9.84. The van der Waals surface area contributed by atoms with Crippen LogP contribution in [0.1, 0.15) is 44.6 Å². The summed E-state index contributed by atoms with van der Waals surface area (Å²) in [6.07, 6.45) is 6.44. The Morgan fingerprint density at radius 3 is 2.58 bits per heavy atom. The van der Waals surface area contributed by atoms with Gasteiger partial charge in [-0.15, -0.1) is 0 Å². The summed E-state index contributed by atoms with van der Waals surface area (Å²) >= 11 is 3.43. The average Bonchev–Trinajstić information content (AvgIpc) is 2.46. The monoisotopic (exact) mass is 320 g/mol. The average molecular weight is 321 g/mol. The molecule has 0 bridgehead atoms. The summed E-state index contributed by atoms with van der Waals surface area (Å²) in [5.41, 5.74) is 1.82. The van der Waals surface area contributed by atoms with Gasteiger partial charge in [0.1, 0.15) is 6.07 Å². The minimum absolute atomic E-state index is 0.580. The maximum absolute atomic E-state index is 9.27. The van der Waals surface area contributed by atoms with Crippen LogP contribution < -0.4 is 4.90 Å². The van der Waals surface area contributed by atoms with Crippen molar-refractivity contribution in [3.05, 3.63) is 28.2 Å². The third-order valence-corrected chi connectivity index (χ3v) is 4.89. The van der Waals surface area contributed by atoms with E-state index in [1.807, 2.05) is 12.1 Å². The molecule has 102 valence electrons. The molecule has 2 rings (SSSR count). The molecule has 1 saturated carbocycles. The zero-order valence-corrected chi connectivity index (χ0v) is 13.3. The minimum atomic E-state index is 0.580. The quantitative estimate of drug-likeness (QED) is 0.805. The topological polar surface area (TPSA) is 27.0 Å². The standard InChI is InChI=1S/C16H21BrN2/c1-3-12-4-7-15(8-5-12)19(2)16-9-6-14(17)10-13(16)11-18/h6,9-10,12,15H,3-5,7-8H2,1-2H3. The summed E-state index contributed by atoms with van der Waals surface area (Å²) in [5.74, 6) is 0.907. The maximum Gasteiger partial charge on any atom is 0.101 e. The van der Waals surface area contributed by atoms with E-state index in [-0.39, 0.29) is 0 Å².